The van der Waals surface area contributed by atoms with E-state index in [1.807, 2.05) is 6.92 Å². The molecular formula is C6H10ClNO. The van der Waals surface area contributed by atoms with Crippen LogP contribution in [0.3, 0.4) is 0 Å². The van der Waals surface area contributed by atoms with Gasteiger partial charge in [0, 0.05) is 0 Å². The lowest BCUT2D eigenvalue weighted by Crippen LogP contribution is -2.41. The predicted molar refractivity (Wildman–Crippen MR) is 36.5 cm³/mol. The van der Waals surface area contributed by atoms with Gasteiger partial charge in [0.2, 0.25) is 5.24 Å². The van der Waals surface area contributed by atoms with Crippen LogP contribution in [0.25, 0.3) is 0 Å². The highest BCUT2D eigenvalue weighted by Gasteiger charge is 2.34. The van der Waals surface area contributed by atoms with Gasteiger partial charge in [0.1, 0.15) is 0 Å². The SMILES string of the molecule is CC1(C(=O)Cl)CCCN1. The van der Waals surface area contributed by atoms with Crippen LogP contribution < -0.4 is 5.32 Å². The molecule has 0 aromatic carbocycles. The Balaban J connectivity index is 2.61. The third-order valence-electron chi connectivity index (χ3n) is 1.80. The van der Waals surface area contributed by atoms with E-state index in [0.29, 0.717) is 0 Å². The lowest BCUT2D eigenvalue weighted by molar-refractivity contribution is -0.116. The zero-order valence-electron chi connectivity index (χ0n) is 5.41. The first-order valence-corrected chi connectivity index (χ1v) is 3.48. The van der Waals surface area contributed by atoms with Crippen molar-refractivity contribution in [2.75, 3.05) is 6.54 Å². The topological polar surface area (TPSA) is 29.1 Å². The van der Waals surface area contributed by atoms with Gasteiger partial charge in [-0.2, -0.15) is 0 Å². The molecular weight excluding hydrogens is 138 g/mol. The molecule has 1 saturated heterocycles. The molecule has 1 heterocycles. The van der Waals surface area contributed by atoms with Crippen LogP contribution in [0, 0.1) is 0 Å². The van der Waals surface area contributed by atoms with Gasteiger partial charge in [-0.15, -0.1) is 0 Å². The molecule has 0 amide bonds. The largest absolute Gasteiger partial charge is 0.304 e. The van der Waals surface area contributed by atoms with E-state index < -0.39 is 5.54 Å². The molecule has 52 valence electrons. The third-order valence-corrected chi connectivity index (χ3v) is 2.22. The first kappa shape index (κ1) is 7.03. The number of hydrogen-bond donors (Lipinski definition) is 1. The number of carbonyl (C=O) groups is 1. The minimum atomic E-state index is -0.429. The molecule has 1 rings (SSSR count). The Bertz CT molecular complexity index is 129. The molecule has 1 unspecified atom stereocenters. The zero-order valence-corrected chi connectivity index (χ0v) is 6.16. The number of halogens is 1. The van der Waals surface area contributed by atoms with Crippen molar-refractivity contribution in [3.05, 3.63) is 0 Å². The second kappa shape index (κ2) is 2.27. The van der Waals surface area contributed by atoms with Gasteiger partial charge in [-0.3, -0.25) is 4.79 Å². The molecule has 3 heteroatoms. The normalized spacial score (nSPS) is 34.9. The molecule has 1 N–H and O–H groups in total. The Kier molecular flexibility index (Phi) is 1.78. The summed E-state index contributed by atoms with van der Waals surface area (Å²) in [4.78, 5) is 10.7. The standard InChI is InChI=1S/C6H10ClNO/c1-6(5(7)9)3-2-4-8-6/h8H,2-4H2,1H3. The Morgan fingerprint density at radius 1 is 1.78 bits per heavy atom. The van der Waals surface area contributed by atoms with Crippen LogP contribution in [0.4, 0.5) is 0 Å². The third kappa shape index (κ3) is 1.25. The van der Waals surface area contributed by atoms with E-state index in [0.717, 1.165) is 19.4 Å². The van der Waals surface area contributed by atoms with Gasteiger partial charge >= 0.3 is 0 Å². The van der Waals surface area contributed by atoms with Crippen LogP contribution in [-0.2, 0) is 4.79 Å². The first-order chi connectivity index (χ1) is 4.15. The first-order valence-electron chi connectivity index (χ1n) is 3.10. The van der Waals surface area contributed by atoms with Crippen LogP contribution in [0.5, 0.6) is 0 Å². The summed E-state index contributed by atoms with van der Waals surface area (Å²) in [5, 5.41) is 2.79. The van der Waals surface area contributed by atoms with Crippen LogP contribution in [-0.4, -0.2) is 17.3 Å². The van der Waals surface area contributed by atoms with E-state index in [2.05, 4.69) is 5.32 Å². The summed E-state index contributed by atoms with van der Waals surface area (Å²) < 4.78 is 0. The van der Waals surface area contributed by atoms with Gasteiger partial charge in [0.25, 0.3) is 0 Å². The van der Waals surface area contributed by atoms with Gasteiger partial charge in [0.15, 0.2) is 0 Å². The fourth-order valence-corrected chi connectivity index (χ4v) is 1.22. The number of carbonyl (C=O) groups excluding carboxylic acids is 1. The summed E-state index contributed by atoms with van der Waals surface area (Å²) in [6, 6.07) is 0. The van der Waals surface area contributed by atoms with Crippen molar-refractivity contribution in [2.45, 2.75) is 25.3 Å². The maximum absolute atomic E-state index is 10.7. The summed E-state index contributed by atoms with van der Waals surface area (Å²) in [6.45, 7) is 2.75. The van der Waals surface area contributed by atoms with Crippen LogP contribution >= 0.6 is 11.6 Å². The molecule has 9 heavy (non-hydrogen) atoms. The van der Waals surface area contributed by atoms with Gasteiger partial charge in [-0.1, -0.05) is 0 Å². The summed E-state index contributed by atoms with van der Waals surface area (Å²) in [5.74, 6) is 0. The summed E-state index contributed by atoms with van der Waals surface area (Å²) >= 11 is 5.32. The number of hydrogen-bond acceptors (Lipinski definition) is 2. The van der Waals surface area contributed by atoms with Crippen molar-refractivity contribution in [3.63, 3.8) is 0 Å². The quantitative estimate of drug-likeness (QED) is 0.559. The van der Waals surface area contributed by atoms with Crippen LogP contribution in [0.15, 0.2) is 0 Å². The van der Waals surface area contributed by atoms with Crippen molar-refractivity contribution in [1.82, 2.24) is 5.32 Å². The molecule has 0 aromatic rings. The summed E-state index contributed by atoms with van der Waals surface area (Å²) in [6.07, 6.45) is 1.92. The second-order valence-electron chi connectivity index (χ2n) is 2.64. The molecule has 0 spiro atoms. The maximum atomic E-state index is 10.7. The highest BCUT2D eigenvalue weighted by Crippen LogP contribution is 2.20. The fourth-order valence-electron chi connectivity index (χ4n) is 1.06. The Morgan fingerprint density at radius 3 is 2.67 bits per heavy atom. The summed E-state index contributed by atoms with van der Waals surface area (Å²) in [7, 11) is 0. The van der Waals surface area contributed by atoms with Crippen LogP contribution in [0.1, 0.15) is 19.8 Å². The van der Waals surface area contributed by atoms with E-state index >= 15 is 0 Å². The molecule has 2 nitrogen and oxygen atoms in total. The van der Waals surface area contributed by atoms with E-state index in [4.69, 9.17) is 11.6 Å². The van der Waals surface area contributed by atoms with Crippen LogP contribution in [0.2, 0.25) is 0 Å². The lowest BCUT2D eigenvalue weighted by atomic mass is 10.0. The van der Waals surface area contributed by atoms with Crippen molar-refractivity contribution in [2.24, 2.45) is 0 Å². The minimum absolute atomic E-state index is 0.264. The molecule has 0 saturated carbocycles. The van der Waals surface area contributed by atoms with Crippen molar-refractivity contribution < 1.29 is 4.79 Å². The molecule has 1 atom stereocenters. The predicted octanol–water partition coefficient (Wildman–Crippen LogP) is 0.894. The average Bonchev–Trinajstić information content (AvgIpc) is 2.16. The average molecular weight is 148 g/mol. The maximum Gasteiger partial charge on any atom is 0.241 e. The van der Waals surface area contributed by atoms with E-state index in [-0.39, 0.29) is 5.24 Å². The van der Waals surface area contributed by atoms with E-state index in [1.54, 1.807) is 0 Å². The molecule has 0 bridgehead atoms. The van der Waals surface area contributed by atoms with Gasteiger partial charge in [-0.05, 0) is 37.9 Å². The Morgan fingerprint density at radius 2 is 2.44 bits per heavy atom. The van der Waals surface area contributed by atoms with Crippen molar-refractivity contribution in [1.29, 1.82) is 0 Å². The number of rotatable bonds is 1. The van der Waals surface area contributed by atoms with Crippen molar-refractivity contribution >= 4 is 16.8 Å². The second-order valence-corrected chi connectivity index (χ2v) is 2.98. The minimum Gasteiger partial charge on any atom is -0.304 e. The highest BCUT2D eigenvalue weighted by molar-refractivity contribution is 6.65. The lowest BCUT2D eigenvalue weighted by Gasteiger charge is -2.17. The molecule has 1 aliphatic heterocycles. The van der Waals surface area contributed by atoms with Gasteiger partial charge < -0.3 is 5.32 Å². The Hall–Kier alpha value is -0.0800. The molecule has 1 aliphatic rings. The van der Waals surface area contributed by atoms with Crippen molar-refractivity contribution in [3.8, 4) is 0 Å². The molecule has 1 fully saturated rings. The van der Waals surface area contributed by atoms with Gasteiger partial charge in [-0.25, -0.2) is 0 Å². The van der Waals surface area contributed by atoms with E-state index in [9.17, 15) is 4.79 Å². The van der Waals surface area contributed by atoms with Gasteiger partial charge in [0.05, 0.1) is 5.54 Å². The highest BCUT2D eigenvalue weighted by atomic mass is 35.5. The molecule has 0 radical (unpaired) electrons. The molecule has 0 aromatic heterocycles. The van der Waals surface area contributed by atoms with E-state index in [1.165, 1.54) is 0 Å². The Labute approximate surface area is 59.6 Å². The fraction of sp³-hybridized carbons (Fsp3) is 0.833. The zero-order chi connectivity index (χ0) is 6.91. The smallest absolute Gasteiger partial charge is 0.241 e. The molecule has 0 aliphatic carbocycles. The number of nitrogens with one attached hydrogen (secondary N) is 1. The monoisotopic (exact) mass is 147 g/mol. The summed E-state index contributed by atoms with van der Waals surface area (Å²) in [5.41, 5.74) is -0.429.